The lowest BCUT2D eigenvalue weighted by Crippen LogP contribution is -2.13. The smallest absolute Gasteiger partial charge is 0.169 e. The van der Waals surface area contributed by atoms with Crippen LogP contribution in [-0.4, -0.2) is 49.9 Å². The number of phenolic OH excluding ortho intramolecular Hbond substituents is 2. The number of benzene rings is 4. The number of hydrogen-bond donors (Lipinski definition) is 2. The maximum Gasteiger partial charge on any atom is 0.169 e. The van der Waals surface area contributed by atoms with E-state index in [2.05, 4.69) is 6.58 Å². The third-order valence-corrected chi connectivity index (χ3v) is 6.31. The lowest BCUT2D eigenvalue weighted by atomic mass is 9.94. The average Bonchev–Trinajstić information content (AvgIpc) is 2.88. The SMILES string of the molecule is C=C1Cc2cc3ccccc3c(c2O)OCCOCCOCCOc2c(O)c(cc3ccccc23)C1. The van der Waals surface area contributed by atoms with E-state index in [0.29, 0.717) is 64.0 Å². The van der Waals surface area contributed by atoms with Crippen LogP contribution in [0.3, 0.4) is 0 Å². The summed E-state index contributed by atoms with van der Waals surface area (Å²) < 4.78 is 23.2. The summed E-state index contributed by atoms with van der Waals surface area (Å²) >= 11 is 0. The fraction of sp³-hybridized carbons (Fsp3) is 0.267. The second-order valence-corrected chi connectivity index (χ2v) is 8.89. The highest BCUT2D eigenvalue weighted by atomic mass is 16.6. The summed E-state index contributed by atoms with van der Waals surface area (Å²) in [5, 5.41) is 25.9. The zero-order chi connectivity index (χ0) is 24.9. The van der Waals surface area contributed by atoms with E-state index in [0.717, 1.165) is 38.2 Å². The van der Waals surface area contributed by atoms with Crippen LogP contribution in [0.1, 0.15) is 11.1 Å². The Morgan fingerprint density at radius 3 is 1.47 bits per heavy atom. The van der Waals surface area contributed by atoms with Gasteiger partial charge in [0.1, 0.15) is 13.2 Å². The van der Waals surface area contributed by atoms with Crippen LogP contribution >= 0.6 is 0 Å². The molecule has 0 atom stereocenters. The second-order valence-electron chi connectivity index (χ2n) is 8.89. The molecule has 2 N–H and O–H groups in total. The molecule has 4 aromatic carbocycles. The summed E-state index contributed by atoms with van der Waals surface area (Å²) in [6.07, 6.45) is 0.861. The minimum absolute atomic E-state index is 0.0999. The standard InChI is InChI=1S/C30H30O6/c1-20-16-23-18-21-6-2-4-8-25(21)29(27(23)31)35-14-12-33-10-11-34-13-15-36-30-26-9-5-3-7-22(26)19-24(17-20)28(30)32/h2-9,18-19,31-32H,1,10-17H2. The molecular formula is C30H30O6. The highest BCUT2D eigenvalue weighted by Crippen LogP contribution is 2.41. The van der Waals surface area contributed by atoms with E-state index < -0.39 is 0 Å². The van der Waals surface area contributed by atoms with E-state index in [1.54, 1.807) is 0 Å². The molecule has 0 fully saturated rings. The lowest BCUT2D eigenvalue weighted by Gasteiger charge is -2.17. The summed E-state index contributed by atoms with van der Waals surface area (Å²) in [6.45, 7) is 6.44. The molecule has 0 unspecified atom stereocenters. The first-order valence-electron chi connectivity index (χ1n) is 12.2. The molecule has 4 bridgehead atoms. The molecule has 5 rings (SSSR count). The van der Waals surface area contributed by atoms with Crippen LogP contribution in [0.2, 0.25) is 0 Å². The first-order chi connectivity index (χ1) is 17.6. The fourth-order valence-electron chi connectivity index (χ4n) is 4.61. The van der Waals surface area contributed by atoms with Gasteiger partial charge < -0.3 is 29.2 Å². The van der Waals surface area contributed by atoms with Gasteiger partial charge in [-0.3, -0.25) is 0 Å². The summed E-state index contributed by atoms with van der Waals surface area (Å²) in [7, 11) is 0. The maximum absolute atomic E-state index is 11.1. The van der Waals surface area contributed by atoms with Crippen molar-refractivity contribution in [3.8, 4) is 23.0 Å². The van der Waals surface area contributed by atoms with E-state index in [1.807, 2.05) is 60.7 Å². The van der Waals surface area contributed by atoms with Gasteiger partial charge in [0.25, 0.3) is 0 Å². The highest BCUT2D eigenvalue weighted by molar-refractivity contribution is 5.93. The molecular weight excluding hydrogens is 456 g/mol. The van der Waals surface area contributed by atoms with Crippen LogP contribution < -0.4 is 9.47 Å². The zero-order valence-electron chi connectivity index (χ0n) is 20.2. The molecule has 0 radical (unpaired) electrons. The number of fused-ring (bicyclic) bond motifs is 8. The van der Waals surface area contributed by atoms with Gasteiger partial charge in [-0.2, -0.15) is 0 Å². The number of ether oxygens (including phenoxy) is 4. The van der Waals surface area contributed by atoms with E-state index in [4.69, 9.17) is 18.9 Å². The zero-order valence-corrected chi connectivity index (χ0v) is 20.2. The molecule has 0 spiro atoms. The molecule has 6 nitrogen and oxygen atoms in total. The topological polar surface area (TPSA) is 77.4 Å². The van der Waals surface area contributed by atoms with Gasteiger partial charge >= 0.3 is 0 Å². The summed E-state index contributed by atoms with van der Waals surface area (Å²) in [5.41, 5.74) is 2.28. The van der Waals surface area contributed by atoms with Crippen molar-refractivity contribution in [2.45, 2.75) is 12.8 Å². The third-order valence-electron chi connectivity index (χ3n) is 6.31. The van der Waals surface area contributed by atoms with E-state index in [1.165, 1.54) is 0 Å². The fourth-order valence-corrected chi connectivity index (χ4v) is 4.61. The Kier molecular flexibility index (Phi) is 7.26. The van der Waals surface area contributed by atoms with E-state index >= 15 is 0 Å². The van der Waals surface area contributed by atoms with Crippen molar-refractivity contribution in [1.82, 2.24) is 0 Å². The molecule has 186 valence electrons. The number of hydrogen-bond acceptors (Lipinski definition) is 6. The predicted molar refractivity (Wildman–Crippen MR) is 140 cm³/mol. The Bertz CT molecular complexity index is 1290. The van der Waals surface area contributed by atoms with Crippen molar-refractivity contribution < 1.29 is 29.2 Å². The molecule has 0 aromatic heterocycles. The van der Waals surface area contributed by atoms with Crippen molar-refractivity contribution in [2.24, 2.45) is 0 Å². The normalized spacial score (nSPS) is 15.9. The molecule has 6 heteroatoms. The Morgan fingerprint density at radius 2 is 1.00 bits per heavy atom. The molecule has 36 heavy (non-hydrogen) atoms. The van der Waals surface area contributed by atoms with Crippen LogP contribution in [-0.2, 0) is 22.3 Å². The summed E-state index contributed by atoms with van der Waals surface area (Å²) in [5.74, 6) is 1.08. The molecule has 1 aliphatic heterocycles. The molecule has 1 heterocycles. The predicted octanol–water partition coefficient (Wildman–Crippen LogP) is 5.55. The maximum atomic E-state index is 11.1. The van der Waals surface area contributed by atoms with E-state index in [-0.39, 0.29) is 11.5 Å². The van der Waals surface area contributed by atoms with Crippen molar-refractivity contribution in [1.29, 1.82) is 0 Å². The van der Waals surface area contributed by atoms with Crippen molar-refractivity contribution >= 4 is 21.5 Å². The molecule has 1 aliphatic rings. The van der Waals surface area contributed by atoms with Gasteiger partial charge in [0.15, 0.2) is 23.0 Å². The number of allylic oxidation sites excluding steroid dienone is 1. The lowest BCUT2D eigenvalue weighted by molar-refractivity contribution is 0.0272. The molecule has 0 amide bonds. The van der Waals surface area contributed by atoms with E-state index in [9.17, 15) is 10.2 Å². The molecule has 0 saturated carbocycles. The van der Waals surface area contributed by atoms with Gasteiger partial charge in [-0.1, -0.05) is 60.7 Å². The van der Waals surface area contributed by atoms with Crippen LogP contribution in [0.25, 0.3) is 21.5 Å². The minimum Gasteiger partial charge on any atom is -0.504 e. The number of aromatic hydroxyl groups is 2. The van der Waals surface area contributed by atoms with Crippen LogP contribution in [0, 0.1) is 0 Å². The Balaban J connectivity index is 1.52. The van der Waals surface area contributed by atoms with Crippen LogP contribution in [0.15, 0.2) is 72.8 Å². The van der Waals surface area contributed by atoms with Crippen molar-refractivity contribution in [3.63, 3.8) is 0 Å². The number of rotatable bonds is 0. The average molecular weight is 487 g/mol. The largest absolute Gasteiger partial charge is 0.504 e. The Labute approximate surface area is 210 Å². The van der Waals surface area contributed by atoms with Gasteiger partial charge in [0.2, 0.25) is 0 Å². The monoisotopic (exact) mass is 486 g/mol. The highest BCUT2D eigenvalue weighted by Gasteiger charge is 2.18. The minimum atomic E-state index is 0.0999. The van der Waals surface area contributed by atoms with Gasteiger partial charge in [0, 0.05) is 21.9 Å². The first-order valence-corrected chi connectivity index (χ1v) is 12.2. The van der Waals surface area contributed by atoms with Crippen molar-refractivity contribution in [3.05, 3.63) is 83.9 Å². The molecule has 0 aliphatic carbocycles. The van der Waals surface area contributed by atoms with Gasteiger partial charge in [-0.05, 0) is 35.7 Å². The summed E-state index contributed by atoms with van der Waals surface area (Å²) in [6, 6.07) is 19.6. The quantitative estimate of drug-likeness (QED) is 0.318. The molecule has 0 saturated heterocycles. The van der Waals surface area contributed by atoms with Crippen LogP contribution in [0.5, 0.6) is 23.0 Å². The third kappa shape index (κ3) is 5.10. The summed E-state index contributed by atoms with van der Waals surface area (Å²) in [4.78, 5) is 0. The van der Waals surface area contributed by atoms with Crippen molar-refractivity contribution in [2.75, 3.05) is 39.6 Å². The number of phenols is 2. The molecule has 4 aromatic rings. The van der Waals surface area contributed by atoms with Crippen LogP contribution in [0.4, 0.5) is 0 Å². The van der Waals surface area contributed by atoms with Gasteiger partial charge in [0.05, 0.1) is 26.4 Å². The van der Waals surface area contributed by atoms with Gasteiger partial charge in [-0.15, -0.1) is 0 Å². The Hall–Kier alpha value is -3.74. The Morgan fingerprint density at radius 1 is 0.583 bits per heavy atom. The first kappa shape index (κ1) is 24.0. The van der Waals surface area contributed by atoms with Gasteiger partial charge in [-0.25, -0.2) is 0 Å². The second kappa shape index (κ2) is 10.9.